The van der Waals surface area contributed by atoms with Crippen molar-refractivity contribution in [2.24, 2.45) is 0 Å². The minimum atomic E-state index is -3.11. The number of nitrogens with one attached hydrogen (secondary N) is 1. The quantitative estimate of drug-likeness (QED) is 0.866. The van der Waals surface area contributed by atoms with Crippen molar-refractivity contribution >= 4 is 21.5 Å². The van der Waals surface area contributed by atoms with E-state index in [1.54, 1.807) is 31.4 Å². The first-order valence-electron chi connectivity index (χ1n) is 6.23. The van der Waals surface area contributed by atoms with Crippen LogP contribution < -0.4 is 10.1 Å². The van der Waals surface area contributed by atoms with E-state index in [1.807, 2.05) is 0 Å². The lowest BCUT2D eigenvalue weighted by atomic mass is 9.92. The Morgan fingerprint density at radius 1 is 1.25 bits per heavy atom. The molecule has 0 spiro atoms. The molecule has 0 amide bonds. The number of hydrogen-bond donors (Lipinski definition) is 2. The molecule has 6 nitrogen and oxygen atoms in total. The van der Waals surface area contributed by atoms with Crippen LogP contribution in [0.15, 0.2) is 24.3 Å². The second kappa shape index (κ2) is 5.32. The first-order chi connectivity index (χ1) is 9.37. The number of aliphatic carboxylic acids is 1. The van der Waals surface area contributed by atoms with Gasteiger partial charge in [-0.3, -0.25) is 0 Å². The summed E-state index contributed by atoms with van der Waals surface area (Å²) in [5.41, 5.74) is -0.590. The van der Waals surface area contributed by atoms with Crippen LogP contribution >= 0.6 is 0 Å². The Kier molecular flexibility index (Phi) is 3.89. The van der Waals surface area contributed by atoms with Gasteiger partial charge in [-0.05, 0) is 37.1 Å². The summed E-state index contributed by atoms with van der Waals surface area (Å²) in [7, 11) is -1.56. The molecule has 20 heavy (non-hydrogen) atoms. The molecule has 1 aliphatic heterocycles. The van der Waals surface area contributed by atoms with E-state index >= 15 is 0 Å². The van der Waals surface area contributed by atoms with Crippen LogP contribution in [0.1, 0.15) is 12.8 Å². The highest BCUT2D eigenvalue weighted by Crippen LogP contribution is 2.29. The van der Waals surface area contributed by atoms with Crippen LogP contribution in [0.25, 0.3) is 0 Å². The summed E-state index contributed by atoms with van der Waals surface area (Å²) in [5, 5.41) is 12.4. The van der Waals surface area contributed by atoms with Crippen molar-refractivity contribution < 1.29 is 23.1 Å². The average Bonchev–Trinajstić information content (AvgIpc) is 2.42. The Morgan fingerprint density at radius 3 is 2.25 bits per heavy atom. The molecule has 0 unspecified atom stereocenters. The number of hydrogen-bond acceptors (Lipinski definition) is 5. The molecule has 7 heteroatoms. The Bertz CT molecular complexity index is 580. The zero-order valence-corrected chi connectivity index (χ0v) is 11.9. The van der Waals surface area contributed by atoms with E-state index in [4.69, 9.17) is 4.74 Å². The largest absolute Gasteiger partial charge is 0.497 e. The Balaban J connectivity index is 2.19. The molecule has 1 fully saturated rings. The summed E-state index contributed by atoms with van der Waals surface area (Å²) in [6.07, 6.45) is 0.132. The molecule has 2 N–H and O–H groups in total. The summed E-state index contributed by atoms with van der Waals surface area (Å²) >= 11 is 0. The topological polar surface area (TPSA) is 92.7 Å². The van der Waals surface area contributed by atoms with Crippen molar-refractivity contribution in [1.82, 2.24) is 0 Å². The first kappa shape index (κ1) is 14.6. The lowest BCUT2D eigenvalue weighted by Gasteiger charge is -2.34. The van der Waals surface area contributed by atoms with E-state index < -0.39 is 21.3 Å². The van der Waals surface area contributed by atoms with Gasteiger partial charge >= 0.3 is 5.97 Å². The van der Waals surface area contributed by atoms with Crippen LogP contribution in [-0.2, 0) is 14.6 Å². The number of carbonyl (C=O) groups is 1. The van der Waals surface area contributed by atoms with E-state index in [1.165, 1.54) is 0 Å². The number of carboxylic acids is 1. The van der Waals surface area contributed by atoms with Gasteiger partial charge in [-0.2, -0.15) is 0 Å². The van der Waals surface area contributed by atoms with Crippen LogP contribution in [0.4, 0.5) is 5.69 Å². The highest BCUT2D eigenvalue weighted by molar-refractivity contribution is 7.91. The molecule has 110 valence electrons. The van der Waals surface area contributed by atoms with Gasteiger partial charge in [0.15, 0.2) is 9.84 Å². The van der Waals surface area contributed by atoms with Gasteiger partial charge < -0.3 is 15.2 Å². The van der Waals surface area contributed by atoms with Crippen LogP contribution in [0.5, 0.6) is 5.75 Å². The van der Waals surface area contributed by atoms with Crippen molar-refractivity contribution in [3.63, 3.8) is 0 Å². The highest BCUT2D eigenvalue weighted by atomic mass is 32.2. The van der Waals surface area contributed by atoms with Gasteiger partial charge in [0.25, 0.3) is 0 Å². The van der Waals surface area contributed by atoms with E-state index in [0.29, 0.717) is 11.4 Å². The van der Waals surface area contributed by atoms with E-state index in [9.17, 15) is 18.3 Å². The molecule has 0 bridgehead atoms. The van der Waals surface area contributed by atoms with Crippen LogP contribution in [0.3, 0.4) is 0 Å². The molecule has 0 aliphatic carbocycles. The third kappa shape index (κ3) is 3.04. The van der Waals surface area contributed by atoms with E-state index in [0.717, 1.165) is 0 Å². The van der Waals surface area contributed by atoms with E-state index in [-0.39, 0.29) is 24.3 Å². The molecule has 1 heterocycles. The molecule has 1 aliphatic rings. The van der Waals surface area contributed by atoms with Crippen molar-refractivity contribution in [3.05, 3.63) is 24.3 Å². The first-order valence-corrected chi connectivity index (χ1v) is 8.05. The molecule has 1 aromatic carbocycles. The second-order valence-corrected chi connectivity index (χ2v) is 7.20. The molecule has 2 rings (SSSR count). The predicted octanol–water partition coefficient (Wildman–Crippen LogP) is 1.14. The fourth-order valence-corrected chi connectivity index (χ4v) is 3.75. The normalized spacial score (nSPS) is 20.1. The predicted molar refractivity (Wildman–Crippen MR) is 74.9 cm³/mol. The van der Waals surface area contributed by atoms with Gasteiger partial charge in [0.1, 0.15) is 11.3 Å². The molecule has 0 saturated carbocycles. The minimum absolute atomic E-state index is 0.0662. The molecule has 1 aromatic rings. The fraction of sp³-hybridized carbons (Fsp3) is 0.462. The number of benzene rings is 1. The second-order valence-electron chi connectivity index (χ2n) is 4.89. The maximum atomic E-state index is 11.5. The molecule has 0 aromatic heterocycles. The molecule has 0 radical (unpaired) electrons. The maximum absolute atomic E-state index is 11.5. The van der Waals surface area contributed by atoms with Gasteiger partial charge in [-0.1, -0.05) is 0 Å². The smallest absolute Gasteiger partial charge is 0.329 e. The van der Waals surface area contributed by atoms with Gasteiger partial charge in [-0.15, -0.1) is 0 Å². The Labute approximate surface area is 117 Å². The van der Waals surface area contributed by atoms with Crippen LogP contribution in [-0.4, -0.2) is 43.6 Å². The number of rotatable bonds is 4. The Hall–Kier alpha value is -1.76. The maximum Gasteiger partial charge on any atom is 0.329 e. The number of carboxylic acid groups (broad SMARTS) is 1. The monoisotopic (exact) mass is 299 g/mol. The van der Waals surface area contributed by atoms with Gasteiger partial charge in [0.05, 0.1) is 18.6 Å². The Morgan fingerprint density at radius 2 is 1.80 bits per heavy atom. The molecule has 1 saturated heterocycles. The SMILES string of the molecule is COc1ccc(NC2(C(=O)O)CCS(=O)(=O)CC2)cc1. The number of ether oxygens (including phenoxy) is 1. The van der Waals surface area contributed by atoms with Gasteiger partial charge in [0, 0.05) is 5.69 Å². The summed E-state index contributed by atoms with van der Waals surface area (Å²) < 4.78 is 28.0. The summed E-state index contributed by atoms with van der Waals surface area (Å²) in [6.45, 7) is 0. The van der Waals surface area contributed by atoms with Crippen molar-refractivity contribution in [1.29, 1.82) is 0 Å². The molecule has 0 atom stereocenters. The summed E-state index contributed by atoms with van der Waals surface area (Å²) in [5.74, 6) is -0.570. The third-order valence-corrected chi connectivity index (χ3v) is 5.21. The summed E-state index contributed by atoms with van der Waals surface area (Å²) in [4.78, 5) is 11.5. The van der Waals surface area contributed by atoms with Crippen molar-refractivity contribution in [2.75, 3.05) is 23.9 Å². The summed E-state index contributed by atoms with van der Waals surface area (Å²) in [6, 6.07) is 6.87. The van der Waals surface area contributed by atoms with Crippen molar-refractivity contribution in [2.45, 2.75) is 18.4 Å². The lowest BCUT2D eigenvalue weighted by Crippen LogP contribution is -2.51. The van der Waals surface area contributed by atoms with Crippen LogP contribution in [0.2, 0.25) is 0 Å². The zero-order valence-electron chi connectivity index (χ0n) is 11.1. The number of methoxy groups -OCH3 is 1. The van der Waals surface area contributed by atoms with E-state index in [2.05, 4.69) is 5.32 Å². The average molecular weight is 299 g/mol. The van der Waals surface area contributed by atoms with Crippen LogP contribution in [0, 0.1) is 0 Å². The standard InChI is InChI=1S/C13H17NO5S/c1-19-11-4-2-10(3-5-11)14-13(12(15)16)6-8-20(17,18)9-7-13/h2-5,14H,6-9H2,1H3,(H,15,16). The minimum Gasteiger partial charge on any atom is -0.497 e. The number of anilines is 1. The highest BCUT2D eigenvalue weighted by Gasteiger charge is 2.43. The molecular weight excluding hydrogens is 282 g/mol. The zero-order chi connectivity index (χ0) is 14.8. The van der Waals surface area contributed by atoms with Gasteiger partial charge in [0.2, 0.25) is 0 Å². The van der Waals surface area contributed by atoms with Crippen molar-refractivity contribution in [3.8, 4) is 5.75 Å². The number of sulfone groups is 1. The van der Waals surface area contributed by atoms with Gasteiger partial charge in [-0.25, -0.2) is 13.2 Å². The third-order valence-electron chi connectivity index (χ3n) is 3.56. The fourth-order valence-electron chi connectivity index (χ4n) is 2.23. The lowest BCUT2D eigenvalue weighted by molar-refractivity contribution is -0.142. The molecular formula is C13H17NO5S.